The number of hydrogen-bond donors (Lipinski definition) is 0. The van der Waals surface area contributed by atoms with Crippen LogP contribution < -0.4 is 9.64 Å². The van der Waals surface area contributed by atoms with Crippen LogP contribution in [0.3, 0.4) is 0 Å². The van der Waals surface area contributed by atoms with Gasteiger partial charge in [-0.1, -0.05) is 83.9 Å². The molecule has 3 aliphatic rings. The number of methoxy groups -OCH3 is 1. The molecule has 2 amide bonds. The van der Waals surface area contributed by atoms with Crippen LogP contribution in [-0.4, -0.2) is 18.9 Å². The highest BCUT2D eigenvalue weighted by Crippen LogP contribution is 2.59. The molecule has 0 radical (unpaired) electrons. The molecule has 0 N–H and O–H groups in total. The highest BCUT2D eigenvalue weighted by Gasteiger charge is 2.62. The van der Waals surface area contributed by atoms with Gasteiger partial charge in [0.1, 0.15) is 5.75 Å². The first-order chi connectivity index (χ1) is 17.0. The number of carbonyl (C=O) groups is 2. The summed E-state index contributed by atoms with van der Waals surface area (Å²) in [6, 6.07) is 24.3. The van der Waals surface area contributed by atoms with Gasteiger partial charge in [0.2, 0.25) is 11.8 Å². The number of hydrogen-bond acceptors (Lipinski definition) is 3. The third-order valence-electron chi connectivity index (χ3n) is 7.71. The van der Waals surface area contributed by atoms with Crippen molar-refractivity contribution in [2.45, 2.75) is 13.8 Å². The Bertz CT molecular complexity index is 1320. The maximum Gasteiger partial charge on any atom is 0.238 e. The lowest BCUT2D eigenvalue weighted by Gasteiger charge is -2.22. The Balaban J connectivity index is 1.49. The number of carbonyl (C=O) groups excluding carboxylic acids is 2. The Morgan fingerprint density at radius 2 is 1.20 bits per heavy atom. The molecular weight excluding hydrogens is 434 g/mol. The SMILES string of the molecule is COc1ccccc1N1C(=O)[C@H]2[C@H](C1=O)[C@H]1C=C[C@H]2C1=C(c1ccc(C)cc1)c1ccc(C)cc1. The molecule has 4 heteroatoms. The fourth-order valence-corrected chi connectivity index (χ4v) is 6.09. The van der Waals surface area contributed by atoms with Crippen LogP contribution in [-0.2, 0) is 9.59 Å². The topological polar surface area (TPSA) is 46.6 Å². The molecule has 0 unspecified atom stereocenters. The number of ether oxygens (including phenoxy) is 1. The molecule has 4 nitrogen and oxygen atoms in total. The number of anilines is 1. The third kappa shape index (κ3) is 3.20. The van der Waals surface area contributed by atoms with Crippen molar-refractivity contribution >= 4 is 23.1 Å². The molecule has 1 saturated heterocycles. The van der Waals surface area contributed by atoms with Crippen molar-refractivity contribution in [3.63, 3.8) is 0 Å². The van der Waals surface area contributed by atoms with E-state index in [4.69, 9.17) is 4.74 Å². The van der Waals surface area contributed by atoms with Crippen molar-refractivity contribution < 1.29 is 14.3 Å². The van der Waals surface area contributed by atoms with Gasteiger partial charge in [-0.05, 0) is 48.3 Å². The summed E-state index contributed by atoms with van der Waals surface area (Å²) in [4.78, 5) is 28.9. The van der Waals surface area contributed by atoms with E-state index in [1.165, 1.54) is 21.6 Å². The summed E-state index contributed by atoms with van der Waals surface area (Å²) in [6.07, 6.45) is 4.28. The first-order valence-corrected chi connectivity index (χ1v) is 12.1. The summed E-state index contributed by atoms with van der Waals surface area (Å²) in [6.45, 7) is 4.16. The lowest BCUT2D eigenvalue weighted by molar-refractivity contribution is -0.123. The molecule has 35 heavy (non-hydrogen) atoms. The lowest BCUT2D eigenvalue weighted by atomic mass is 9.85. The second kappa shape index (κ2) is 8.09. The van der Waals surface area contributed by atoms with Crippen molar-refractivity contribution in [3.8, 4) is 5.75 Å². The molecule has 2 aliphatic carbocycles. The second-order valence-electron chi connectivity index (χ2n) is 9.73. The van der Waals surface area contributed by atoms with E-state index in [2.05, 4.69) is 74.5 Å². The second-order valence-corrected chi connectivity index (χ2v) is 9.73. The van der Waals surface area contributed by atoms with E-state index in [-0.39, 0.29) is 35.5 Å². The molecule has 2 fully saturated rings. The minimum Gasteiger partial charge on any atom is -0.495 e. The smallest absolute Gasteiger partial charge is 0.238 e. The van der Waals surface area contributed by atoms with Crippen molar-refractivity contribution in [1.82, 2.24) is 0 Å². The van der Waals surface area contributed by atoms with Crippen LogP contribution in [0.4, 0.5) is 5.69 Å². The van der Waals surface area contributed by atoms with Gasteiger partial charge in [0.05, 0.1) is 24.6 Å². The van der Waals surface area contributed by atoms with E-state index in [9.17, 15) is 9.59 Å². The number of rotatable bonds is 4. The molecule has 4 atom stereocenters. The first-order valence-electron chi connectivity index (χ1n) is 12.1. The molecule has 1 aliphatic heterocycles. The van der Waals surface area contributed by atoms with Crippen molar-refractivity contribution in [2.24, 2.45) is 23.7 Å². The molecule has 1 saturated carbocycles. The third-order valence-corrected chi connectivity index (χ3v) is 7.71. The maximum absolute atomic E-state index is 13.8. The zero-order valence-electron chi connectivity index (χ0n) is 20.1. The molecular formula is C31H27NO3. The predicted molar refractivity (Wildman–Crippen MR) is 137 cm³/mol. The summed E-state index contributed by atoms with van der Waals surface area (Å²) in [5.74, 6) is -0.702. The van der Waals surface area contributed by atoms with Gasteiger partial charge in [-0.15, -0.1) is 0 Å². The number of nitrogens with zero attached hydrogens (tertiary/aromatic N) is 1. The van der Waals surface area contributed by atoms with Crippen molar-refractivity contribution in [1.29, 1.82) is 0 Å². The van der Waals surface area contributed by atoms with Crippen LogP contribution in [0, 0.1) is 37.5 Å². The molecule has 174 valence electrons. The van der Waals surface area contributed by atoms with Crippen LogP contribution >= 0.6 is 0 Å². The number of allylic oxidation sites excluding steroid dienone is 3. The highest BCUT2D eigenvalue weighted by atomic mass is 16.5. The zero-order chi connectivity index (χ0) is 24.3. The molecule has 2 bridgehead atoms. The van der Waals surface area contributed by atoms with E-state index in [1.54, 1.807) is 19.2 Å². The number of fused-ring (bicyclic) bond motifs is 5. The summed E-state index contributed by atoms with van der Waals surface area (Å²) >= 11 is 0. The zero-order valence-corrected chi connectivity index (χ0v) is 20.1. The van der Waals surface area contributed by atoms with Gasteiger partial charge in [-0.3, -0.25) is 9.59 Å². The normalized spacial score (nSPS) is 24.3. The van der Waals surface area contributed by atoms with Crippen molar-refractivity contribution in [3.05, 3.63) is 113 Å². The summed E-state index contributed by atoms with van der Waals surface area (Å²) < 4.78 is 5.47. The molecule has 6 rings (SSSR count). The van der Waals surface area contributed by atoms with Gasteiger partial charge >= 0.3 is 0 Å². The lowest BCUT2D eigenvalue weighted by Crippen LogP contribution is -2.33. The Hall–Kier alpha value is -3.92. The summed E-state index contributed by atoms with van der Waals surface area (Å²) in [5.41, 5.74) is 7.50. The summed E-state index contributed by atoms with van der Waals surface area (Å²) in [5, 5.41) is 0. The fourth-order valence-electron chi connectivity index (χ4n) is 6.09. The van der Waals surface area contributed by atoms with E-state index >= 15 is 0 Å². The standard InChI is InChI=1S/C31H27NO3/c1-18-8-12-20(13-9-18)26(21-14-10-19(2)11-15-21)27-22-16-17-23(27)29-28(22)30(33)32(31(29)34)24-6-4-5-7-25(24)35-3/h4-17,22-23,28-29H,1-3H3/t22-,23-,28+,29+/m0/s1. The Labute approximate surface area is 205 Å². The van der Waals surface area contributed by atoms with Gasteiger partial charge in [-0.2, -0.15) is 0 Å². The van der Waals surface area contributed by atoms with Crippen LogP contribution in [0.25, 0.3) is 5.57 Å². The molecule has 3 aromatic carbocycles. The highest BCUT2D eigenvalue weighted by molar-refractivity contribution is 6.24. The molecule has 1 heterocycles. The van der Waals surface area contributed by atoms with Crippen LogP contribution in [0.15, 0.2) is 90.5 Å². The molecule has 0 spiro atoms. The monoisotopic (exact) mass is 461 g/mol. The number of benzene rings is 3. The van der Waals surface area contributed by atoms with Crippen LogP contribution in [0.1, 0.15) is 22.3 Å². The molecule has 0 aromatic heterocycles. The Morgan fingerprint density at radius 1 is 0.714 bits per heavy atom. The number of aryl methyl sites for hydroxylation is 2. The minimum atomic E-state index is -0.386. The van der Waals surface area contributed by atoms with E-state index in [1.807, 2.05) is 12.1 Å². The average Bonchev–Trinajstić information content (AvgIpc) is 3.50. The van der Waals surface area contributed by atoms with E-state index in [0.717, 1.165) is 16.7 Å². The Morgan fingerprint density at radius 3 is 1.69 bits per heavy atom. The average molecular weight is 462 g/mol. The number of imide groups is 1. The van der Waals surface area contributed by atoms with E-state index in [0.29, 0.717) is 11.4 Å². The van der Waals surface area contributed by atoms with Crippen molar-refractivity contribution in [2.75, 3.05) is 12.0 Å². The Kier molecular flexibility index (Phi) is 4.99. The minimum absolute atomic E-state index is 0.0984. The quantitative estimate of drug-likeness (QED) is 0.368. The van der Waals surface area contributed by atoms with Gasteiger partial charge in [0.15, 0.2) is 0 Å². The predicted octanol–water partition coefficient (Wildman–Crippen LogP) is 5.74. The van der Waals surface area contributed by atoms with Crippen LogP contribution in [0.2, 0.25) is 0 Å². The summed E-state index contributed by atoms with van der Waals surface area (Å²) in [7, 11) is 1.56. The van der Waals surface area contributed by atoms with Crippen LogP contribution in [0.5, 0.6) is 5.75 Å². The van der Waals surface area contributed by atoms with Gasteiger partial charge in [0, 0.05) is 11.8 Å². The van der Waals surface area contributed by atoms with Gasteiger partial charge < -0.3 is 4.74 Å². The first kappa shape index (κ1) is 21.6. The number of para-hydroxylation sites is 2. The van der Waals surface area contributed by atoms with Gasteiger partial charge in [-0.25, -0.2) is 4.90 Å². The number of amides is 2. The molecule has 3 aromatic rings. The fraction of sp³-hybridized carbons (Fsp3) is 0.226. The van der Waals surface area contributed by atoms with Gasteiger partial charge in [0.25, 0.3) is 0 Å². The maximum atomic E-state index is 13.8. The van der Waals surface area contributed by atoms with E-state index < -0.39 is 0 Å². The largest absolute Gasteiger partial charge is 0.495 e.